The summed E-state index contributed by atoms with van der Waals surface area (Å²) in [6.07, 6.45) is 9.09. The largest absolute Gasteiger partial charge is 0.497 e. The van der Waals surface area contributed by atoms with Crippen LogP contribution in [0.5, 0.6) is 17.2 Å². The Morgan fingerprint density at radius 3 is 2.24 bits per heavy atom. The van der Waals surface area contributed by atoms with Gasteiger partial charge in [0, 0.05) is 29.8 Å². The van der Waals surface area contributed by atoms with Gasteiger partial charge in [-0.2, -0.15) is 0 Å². The fourth-order valence-electron chi connectivity index (χ4n) is 5.56. The fourth-order valence-corrected chi connectivity index (χ4v) is 5.91. The molecule has 2 fully saturated rings. The maximum Gasteiger partial charge on any atom is 0.174 e. The van der Waals surface area contributed by atoms with E-state index in [-0.39, 0.29) is 12.1 Å². The van der Waals surface area contributed by atoms with E-state index in [4.69, 9.17) is 26.7 Å². The summed E-state index contributed by atoms with van der Waals surface area (Å²) in [5.41, 5.74) is 3.26. The molecule has 2 atom stereocenters. The molecule has 0 unspecified atom stereocenters. The molecule has 6 rings (SSSR count). The first-order valence-electron chi connectivity index (χ1n) is 12.8. The van der Waals surface area contributed by atoms with Crippen LogP contribution in [-0.2, 0) is 0 Å². The van der Waals surface area contributed by atoms with Crippen molar-refractivity contribution in [2.24, 2.45) is 0 Å². The zero-order chi connectivity index (χ0) is 25.2. The van der Waals surface area contributed by atoms with Crippen LogP contribution in [-0.4, -0.2) is 21.8 Å². The molecule has 4 aromatic rings. The smallest absolute Gasteiger partial charge is 0.174 e. The predicted molar refractivity (Wildman–Crippen MR) is 149 cm³/mol. The number of methoxy groups -OCH3 is 1. The zero-order valence-electron chi connectivity index (χ0n) is 20.8. The van der Waals surface area contributed by atoms with Crippen molar-refractivity contribution in [1.82, 2.24) is 14.9 Å². The lowest BCUT2D eigenvalue weighted by molar-refractivity contribution is 0.413. The number of pyridine rings is 1. The quantitative estimate of drug-likeness (QED) is 0.271. The highest BCUT2D eigenvalue weighted by Gasteiger charge is 2.42. The molecule has 2 aliphatic rings. The number of ether oxygens (including phenoxy) is 2. The van der Waals surface area contributed by atoms with Gasteiger partial charge < -0.3 is 24.3 Å². The van der Waals surface area contributed by atoms with Gasteiger partial charge in [0.2, 0.25) is 0 Å². The van der Waals surface area contributed by atoms with Gasteiger partial charge >= 0.3 is 0 Å². The average Bonchev–Trinajstić information content (AvgIpc) is 3.70. The molecule has 3 heterocycles. The van der Waals surface area contributed by atoms with Crippen LogP contribution >= 0.6 is 12.2 Å². The van der Waals surface area contributed by atoms with Crippen LogP contribution in [0.25, 0.3) is 0 Å². The van der Waals surface area contributed by atoms with Crippen LogP contribution in [0.15, 0.2) is 91.3 Å². The summed E-state index contributed by atoms with van der Waals surface area (Å²) in [6.45, 7) is 0. The number of thiocarbonyl (C=S) groups is 1. The van der Waals surface area contributed by atoms with Crippen LogP contribution in [0.1, 0.15) is 55.2 Å². The average molecular weight is 511 g/mol. The van der Waals surface area contributed by atoms with Crippen molar-refractivity contribution in [1.29, 1.82) is 0 Å². The first-order chi connectivity index (χ1) is 18.2. The molecular weight excluding hydrogens is 480 g/mol. The number of anilines is 1. The molecule has 188 valence electrons. The Balaban J connectivity index is 1.33. The van der Waals surface area contributed by atoms with Crippen molar-refractivity contribution in [3.8, 4) is 17.2 Å². The van der Waals surface area contributed by atoms with Gasteiger partial charge in [-0.05, 0) is 97.9 Å². The van der Waals surface area contributed by atoms with E-state index in [1.54, 1.807) is 7.11 Å². The van der Waals surface area contributed by atoms with Gasteiger partial charge in [0.25, 0.3) is 0 Å². The predicted octanol–water partition coefficient (Wildman–Crippen LogP) is 6.98. The van der Waals surface area contributed by atoms with Crippen LogP contribution in [0, 0.1) is 0 Å². The molecule has 7 heteroatoms. The molecule has 6 nitrogen and oxygen atoms in total. The highest BCUT2D eigenvalue weighted by Crippen LogP contribution is 2.44. The minimum Gasteiger partial charge on any atom is -0.497 e. The van der Waals surface area contributed by atoms with E-state index in [1.807, 2.05) is 54.7 Å². The van der Waals surface area contributed by atoms with Gasteiger partial charge in [0.1, 0.15) is 23.3 Å². The standard InChI is InChI=1S/C30H30N4O2S/c1-35-23-15-17-25(18-16-23)36-24-13-11-22(12-14-24)34-29(27-10-6-20-33(27)21-7-2-3-8-21)28(32-30(34)37)26-9-4-5-19-31-26/h4-6,9-21,28-29H,2-3,7-8H2,1H3,(H,32,37)/t28-,29+/m0/s1. The Bertz CT molecular complexity index is 1350. The molecule has 1 N–H and O–H groups in total. The molecular formula is C30H30N4O2S. The third-order valence-corrected chi connectivity index (χ3v) is 7.66. The molecule has 0 radical (unpaired) electrons. The Morgan fingerprint density at radius 1 is 0.865 bits per heavy atom. The first kappa shape index (κ1) is 23.6. The molecule has 1 aliphatic carbocycles. The molecule has 2 aromatic heterocycles. The number of rotatable bonds is 7. The van der Waals surface area contributed by atoms with Crippen LogP contribution in [0.3, 0.4) is 0 Å². The number of nitrogens with one attached hydrogen (secondary N) is 1. The number of aromatic nitrogens is 2. The summed E-state index contributed by atoms with van der Waals surface area (Å²) in [5, 5.41) is 4.28. The Labute approximate surface area is 222 Å². The fraction of sp³-hybridized carbons (Fsp3) is 0.267. The number of benzene rings is 2. The summed E-state index contributed by atoms with van der Waals surface area (Å²) in [6, 6.07) is 26.6. The van der Waals surface area contributed by atoms with Gasteiger partial charge in [-0.15, -0.1) is 0 Å². The van der Waals surface area contributed by atoms with Gasteiger partial charge in [-0.25, -0.2) is 0 Å². The molecule has 1 saturated carbocycles. The first-order valence-corrected chi connectivity index (χ1v) is 13.2. The number of hydrogen-bond donors (Lipinski definition) is 1. The van der Waals surface area contributed by atoms with E-state index in [0.29, 0.717) is 11.2 Å². The molecule has 0 amide bonds. The third-order valence-electron chi connectivity index (χ3n) is 7.34. The van der Waals surface area contributed by atoms with E-state index in [9.17, 15) is 0 Å². The summed E-state index contributed by atoms with van der Waals surface area (Å²) in [7, 11) is 1.66. The molecule has 0 bridgehead atoms. The molecule has 1 aliphatic heterocycles. The van der Waals surface area contributed by atoms with E-state index in [1.165, 1.54) is 31.4 Å². The minimum atomic E-state index is -0.0565. The lowest BCUT2D eigenvalue weighted by Gasteiger charge is -2.30. The Kier molecular flexibility index (Phi) is 6.53. The van der Waals surface area contributed by atoms with Crippen molar-refractivity contribution in [3.63, 3.8) is 0 Å². The van der Waals surface area contributed by atoms with Crippen LogP contribution in [0.4, 0.5) is 5.69 Å². The summed E-state index contributed by atoms with van der Waals surface area (Å²) < 4.78 is 13.8. The monoisotopic (exact) mass is 510 g/mol. The van der Waals surface area contributed by atoms with Gasteiger partial charge in [0.15, 0.2) is 5.11 Å². The zero-order valence-corrected chi connectivity index (χ0v) is 21.6. The Hall–Kier alpha value is -3.84. The summed E-state index contributed by atoms with van der Waals surface area (Å²) in [4.78, 5) is 6.93. The van der Waals surface area contributed by atoms with E-state index < -0.39 is 0 Å². The van der Waals surface area contributed by atoms with Crippen molar-refractivity contribution in [3.05, 3.63) is 103 Å². The van der Waals surface area contributed by atoms with Crippen molar-refractivity contribution in [2.75, 3.05) is 12.0 Å². The van der Waals surface area contributed by atoms with Crippen LogP contribution in [0.2, 0.25) is 0 Å². The Morgan fingerprint density at radius 2 is 1.57 bits per heavy atom. The maximum absolute atomic E-state index is 6.06. The normalized spacial score (nSPS) is 19.7. The third kappa shape index (κ3) is 4.67. The highest BCUT2D eigenvalue weighted by atomic mass is 32.1. The molecule has 0 spiro atoms. The number of hydrogen-bond acceptors (Lipinski definition) is 4. The van der Waals surface area contributed by atoms with E-state index >= 15 is 0 Å². The van der Waals surface area contributed by atoms with Crippen LogP contribution < -0.4 is 19.7 Å². The topological polar surface area (TPSA) is 51.6 Å². The van der Waals surface area contributed by atoms with Gasteiger partial charge in [-0.3, -0.25) is 4.98 Å². The molecule has 37 heavy (non-hydrogen) atoms. The van der Waals surface area contributed by atoms with Crippen molar-refractivity contribution >= 4 is 23.0 Å². The summed E-state index contributed by atoms with van der Waals surface area (Å²) >= 11 is 5.92. The lowest BCUT2D eigenvalue weighted by atomic mass is 10.00. The summed E-state index contributed by atoms with van der Waals surface area (Å²) in [5.74, 6) is 2.32. The minimum absolute atomic E-state index is 0.0219. The molecule has 2 aromatic carbocycles. The lowest BCUT2D eigenvalue weighted by Crippen LogP contribution is -2.30. The second-order valence-corrected chi connectivity index (χ2v) is 9.93. The maximum atomic E-state index is 6.06. The van der Waals surface area contributed by atoms with Gasteiger partial charge in [0.05, 0.1) is 18.8 Å². The number of nitrogens with zero attached hydrogens (tertiary/aromatic N) is 3. The van der Waals surface area contributed by atoms with Gasteiger partial charge in [-0.1, -0.05) is 18.9 Å². The SMILES string of the molecule is COc1ccc(Oc2ccc(N3C(=S)N[C@@H](c4ccccn4)[C@H]3c3cccn3C3CCCC3)cc2)cc1. The second kappa shape index (κ2) is 10.3. The second-order valence-electron chi connectivity index (χ2n) is 9.55. The highest BCUT2D eigenvalue weighted by molar-refractivity contribution is 7.80. The van der Waals surface area contributed by atoms with Crippen molar-refractivity contribution < 1.29 is 9.47 Å². The van der Waals surface area contributed by atoms with E-state index in [0.717, 1.165) is 28.6 Å². The van der Waals surface area contributed by atoms with Crippen molar-refractivity contribution in [2.45, 2.75) is 43.8 Å². The van der Waals surface area contributed by atoms with E-state index in [2.05, 4.69) is 51.3 Å². The molecule has 1 saturated heterocycles.